The summed E-state index contributed by atoms with van der Waals surface area (Å²) in [5, 5.41) is 2.82. The number of halogens is 1. The third-order valence-corrected chi connectivity index (χ3v) is 5.72. The van der Waals surface area contributed by atoms with Gasteiger partial charge in [0.15, 0.2) is 5.82 Å². The number of rotatable bonds is 11. The van der Waals surface area contributed by atoms with E-state index in [0.29, 0.717) is 54.8 Å². The Morgan fingerprint density at radius 3 is 2.54 bits per heavy atom. The molecule has 1 saturated heterocycles. The van der Waals surface area contributed by atoms with Crippen LogP contribution in [-0.2, 0) is 23.7 Å². The summed E-state index contributed by atoms with van der Waals surface area (Å²) in [6.45, 7) is 3.52. The molecule has 1 fully saturated rings. The predicted octanol–water partition coefficient (Wildman–Crippen LogP) is 2.51. The zero-order chi connectivity index (χ0) is 26.3. The van der Waals surface area contributed by atoms with E-state index in [1.807, 2.05) is 0 Å². The highest BCUT2D eigenvalue weighted by atomic mass is 19.1. The van der Waals surface area contributed by atoms with Gasteiger partial charge in [0, 0.05) is 32.5 Å². The van der Waals surface area contributed by atoms with Crippen molar-refractivity contribution in [1.29, 1.82) is 0 Å². The van der Waals surface area contributed by atoms with Crippen LogP contribution in [0.4, 0.5) is 4.39 Å². The third-order valence-electron chi connectivity index (χ3n) is 5.72. The number of hydrogen-bond donors (Lipinski definition) is 2. The van der Waals surface area contributed by atoms with Gasteiger partial charge in [-0.1, -0.05) is 0 Å². The van der Waals surface area contributed by atoms with Crippen molar-refractivity contribution in [2.24, 2.45) is 5.41 Å². The van der Waals surface area contributed by atoms with Crippen molar-refractivity contribution < 1.29 is 32.9 Å². The summed E-state index contributed by atoms with van der Waals surface area (Å²) in [4.78, 5) is 29.2. The second-order valence-electron chi connectivity index (χ2n) is 8.68. The first kappa shape index (κ1) is 26.6. The summed E-state index contributed by atoms with van der Waals surface area (Å²) >= 11 is 0. The topological polar surface area (TPSA) is 130 Å². The van der Waals surface area contributed by atoms with Crippen LogP contribution in [0, 0.1) is 11.2 Å². The monoisotopic (exact) mass is 515 g/mol. The summed E-state index contributed by atoms with van der Waals surface area (Å²) in [5.74, 6) is -0.160. The van der Waals surface area contributed by atoms with Crippen molar-refractivity contribution in [1.82, 2.24) is 25.3 Å². The molecule has 0 aliphatic carbocycles. The number of imidazole rings is 1. The lowest BCUT2D eigenvalue weighted by Crippen LogP contribution is -2.49. The smallest absolute Gasteiger partial charge is 0.317 e. The molecule has 1 aliphatic heterocycles. The minimum Gasteiger partial charge on any atom is -0.461 e. The fraction of sp³-hybridized carbons (Fsp3) is 0.440. The lowest BCUT2D eigenvalue weighted by atomic mass is 9.91. The van der Waals surface area contributed by atoms with E-state index in [-0.39, 0.29) is 30.9 Å². The standard InChI is InChI=1S/C25H30FN5O6/c1-25(23(32)27-10-11-33-2)14-36-22(37-15-25)21-30-19(16-4-6-17(26)7-5-16)20(31-21)18-8-9-28-24(29-18)35-13-12-34-3/h4-9,22H,10-15H2,1-3H3,(H,27,32)(H,30,31). The van der Waals surface area contributed by atoms with Crippen molar-refractivity contribution in [2.45, 2.75) is 13.2 Å². The Balaban J connectivity index is 1.58. The van der Waals surface area contributed by atoms with E-state index in [1.54, 1.807) is 45.5 Å². The van der Waals surface area contributed by atoms with Crippen LogP contribution in [0.2, 0.25) is 0 Å². The molecular weight excluding hydrogens is 485 g/mol. The van der Waals surface area contributed by atoms with Gasteiger partial charge in [0.05, 0.1) is 48.9 Å². The number of aromatic amines is 1. The molecule has 11 nitrogen and oxygen atoms in total. The molecule has 0 radical (unpaired) electrons. The molecule has 198 valence electrons. The second-order valence-corrected chi connectivity index (χ2v) is 8.68. The van der Waals surface area contributed by atoms with Crippen LogP contribution in [0.1, 0.15) is 19.0 Å². The summed E-state index contributed by atoms with van der Waals surface area (Å²) in [5.41, 5.74) is 1.39. The molecule has 0 spiro atoms. The van der Waals surface area contributed by atoms with Crippen LogP contribution in [0.5, 0.6) is 6.01 Å². The molecule has 0 unspecified atom stereocenters. The molecule has 12 heteroatoms. The predicted molar refractivity (Wildman–Crippen MR) is 130 cm³/mol. The van der Waals surface area contributed by atoms with Crippen LogP contribution in [-0.4, -0.2) is 79.6 Å². The summed E-state index contributed by atoms with van der Waals surface area (Å²) in [6.07, 6.45) is 0.729. The number of carbonyl (C=O) groups is 1. The molecule has 1 aromatic carbocycles. The van der Waals surface area contributed by atoms with Crippen LogP contribution in [0.3, 0.4) is 0 Å². The maximum atomic E-state index is 13.6. The van der Waals surface area contributed by atoms with Crippen molar-refractivity contribution >= 4 is 5.91 Å². The molecular formula is C25H30FN5O6. The first-order chi connectivity index (χ1) is 17.9. The summed E-state index contributed by atoms with van der Waals surface area (Å²) in [6, 6.07) is 7.84. The molecule has 4 rings (SSSR count). The number of ether oxygens (including phenoxy) is 5. The van der Waals surface area contributed by atoms with Gasteiger partial charge in [-0.2, -0.15) is 4.98 Å². The van der Waals surface area contributed by atoms with Crippen molar-refractivity contribution in [3.05, 3.63) is 48.2 Å². The lowest BCUT2D eigenvalue weighted by Gasteiger charge is -2.35. The van der Waals surface area contributed by atoms with Crippen LogP contribution in [0.15, 0.2) is 36.5 Å². The molecule has 2 N–H and O–H groups in total. The van der Waals surface area contributed by atoms with Crippen molar-refractivity contribution in [3.8, 4) is 28.7 Å². The highest BCUT2D eigenvalue weighted by Gasteiger charge is 2.40. The number of carbonyl (C=O) groups excluding carboxylic acids is 1. The highest BCUT2D eigenvalue weighted by Crippen LogP contribution is 2.35. The van der Waals surface area contributed by atoms with E-state index in [1.165, 1.54) is 12.1 Å². The summed E-state index contributed by atoms with van der Waals surface area (Å²) in [7, 11) is 3.15. The highest BCUT2D eigenvalue weighted by molar-refractivity contribution is 5.82. The van der Waals surface area contributed by atoms with Crippen LogP contribution >= 0.6 is 0 Å². The Morgan fingerprint density at radius 2 is 1.84 bits per heavy atom. The molecule has 0 bridgehead atoms. The van der Waals surface area contributed by atoms with Gasteiger partial charge in [0.25, 0.3) is 0 Å². The van der Waals surface area contributed by atoms with E-state index in [2.05, 4.69) is 20.3 Å². The zero-order valence-corrected chi connectivity index (χ0v) is 21.0. The first-order valence-corrected chi connectivity index (χ1v) is 11.7. The quantitative estimate of drug-likeness (QED) is 0.370. The van der Waals surface area contributed by atoms with E-state index in [4.69, 9.17) is 28.7 Å². The molecule has 2 aromatic heterocycles. The maximum Gasteiger partial charge on any atom is 0.317 e. The molecule has 0 saturated carbocycles. The molecule has 1 amide bonds. The Bertz CT molecular complexity index is 1180. The lowest BCUT2D eigenvalue weighted by molar-refractivity contribution is -0.231. The van der Waals surface area contributed by atoms with Crippen molar-refractivity contribution in [2.75, 3.05) is 53.8 Å². The number of amides is 1. The first-order valence-electron chi connectivity index (χ1n) is 11.7. The number of methoxy groups -OCH3 is 2. The van der Waals surface area contributed by atoms with Gasteiger partial charge in [0.2, 0.25) is 12.2 Å². The van der Waals surface area contributed by atoms with E-state index < -0.39 is 11.7 Å². The van der Waals surface area contributed by atoms with Crippen molar-refractivity contribution in [3.63, 3.8) is 0 Å². The van der Waals surface area contributed by atoms with Gasteiger partial charge in [-0.05, 0) is 37.3 Å². The van der Waals surface area contributed by atoms with Gasteiger partial charge in [-0.3, -0.25) is 4.79 Å². The van der Waals surface area contributed by atoms with Crippen LogP contribution in [0.25, 0.3) is 22.6 Å². The average molecular weight is 516 g/mol. The van der Waals surface area contributed by atoms with Gasteiger partial charge in [-0.15, -0.1) is 0 Å². The van der Waals surface area contributed by atoms with Gasteiger partial charge in [-0.25, -0.2) is 14.4 Å². The number of H-pyrrole nitrogens is 1. The average Bonchev–Trinajstić information content (AvgIpc) is 3.35. The number of nitrogens with zero attached hydrogens (tertiary/aromatic N) is 3. The second kappa shape index (κ2) is 12.2. The normalized spacial score (nSPS) is 19.5. The molecule has 3 aromatic rings. The van der Waals surface area contributed by atoms with E-state index in [9.17, 15) is 9.18 Å². The fourth-order valence-electron chi connectivity index (χ4n) is 3.65. The Morgan fingerprint density at radius 1 is 1.11 bits per heavy atom. The fourth-order valence-corrected chi connectivity index (χ4v) is 3.65. The van der Waals surface area contributed by atoms with Gasteiger partial charge < -0.3 is 34.0 Å². The minimum atomic E-state index is -0.861. The number of nitrogens with one attached hydrogen (secondary N) is 2. The molecule has 3 heterocycles. The Labute approximate surface area is 213 Å². The van der Waals surface area contributed by atoms with E-state index >= 15 is 0 Å². The Hall–Kier alpha value is -3.45. The molecule has 1 aliphatic rings. The zero-order valence-electron chi connectivity index (χ0n) is 21.0. The number of benzene rings is 1. The molecule has 0 atom stereocenters. The minimum absolute atomic E-state index is 0.128. The maximum absolute atomic E-state index is 13.6. The van der Waals surface area contributed by atoms with Crippen LogP contribution < -0.4 is 10.1 Å². The van der Waals surface area contributed by atoms with E-state index in [0.717, 1.165) is 0 Å². The Kier molecular flexibility index (Phi) is 8.77. The largest absolute Gasteiger partial charge is 0.461 e. The van der Waals surface area contributed by atoms with Gasteiger partial charge >= 0.3 is 6.01 Å². The number of aromatic nitrogens is 4. The SMILES string of the molecule is COCCNC(=O)C1(C)COC(c2nc(-c3ccc(F)cc3)c(-c3ccnc(OCCOC)n3)[nH]2)OC1. The third kappa shape index (κ3) is 6.46. The number of hydrogen-bond acceptors (Lipinski definition) is 9. The summed E-state index contributed by atoms with van der Waals surface area (Å²) < 4.78 is 41.0. The molecule has 37 heavy (non-hydrogen) atoms. The van der Waals surface area contributed by atoms with Gasteiger partial charge in [0.1, 0.15) is 12.4 Å².